The van der Waals surface area contributed by atoms with Crippen LogP contribution >= 0.6 is 11.3 Å². The Morgan fingerprint density at radius 2 is 1.89 bits per heavy atom. The van der Waals surface area contributed by atoms with Crippen molar-refractivity contribution in [2.75, 3.05) is 26.2 Å². The molecule has 196 valence electrons. The normalized spacial score (nSPS) is 17.2. The SMILES string of the molecule is Cc1nc2cc(OC([C@@H](C)O)N3CCN(Cc4nnc(-c5cccc(C(F)(F)F)c5)o4)CC3)ccc2s1. The Balaban J connectivity index is 1.19. The third-order valence-corrected chi connectivity index (χ3v) is 7.12. The molecule has 0 bridgehead atoms. The molecule has 0 radical (unpaired) electrons. The predicted molar refractivity (Wildman–Crippen MR) is 132 cm³/mol. The van der Waals surface area contributed by atoms with Gasteiger partial charge in [0.2, 0.25) is 11.8 Å². The van der Waals surface area contributed by atoms with Crippen LogP contribution in [0.15, 0.2) is 46.9 Å². The van der Waals surface area contributed by atoms with E-state index in [-0.39, 0.29) is 11.5 Å². The third-order valence-electron chi connectivity index (χ3n) is 6.16. The van der Waals surface area contributed by atoms with E-state index in [1.807, 2.05) is 25.1 Å². The van der Waals surface area contributed by atoms with Crippen molar-refractivity contribution >= 4 is 21.6 Å². The molecule has 1 fully saturated rings. The average molecular weight is 534 g/mol. The minimum atomic E-state index is -4.45. The molecule has 3 heterocycles. The summed E-state index contributed by atoms with van der Waals surface area (Å²) in [5, 5.41) is 19.4. The maximum atomic E-state index is 13.0. The van der Waals surface area contributed by atoms with Crippen molar-refractivity contribution in [1.82, 2.24) is 25.0 Å². The largest absolute Gasteiger partial charge is 0.472 e. The number of benzene rings is 2. The molecule has 1 N–H and O–H groups in total. The van der Waals surface area contributed by atoms with Crippen LogP contribution in [0.25, 0.3) is 21.7 Å². The summed E-state index contributed by atoms with van der Waals surface area (Å²) in [5.74, 6) is 1.03. The highest BCUT2D eigenvalue weighted by molar-refractivity contribution is 7.18. The maximum Gasteiger partial charge on any atom is 0.416 e. The van der Waals surface area contributed by atoms with Gasteiger partial charge in [-0.05, 0) is 44.2 Å². The molecular formula is C25H26F3N5O3S. The van der Waals surface area contributed by atoms with Crippen LogP contribution in [0, 0.1) is 6.92 Å². The Labute approximate surface area is 215 Å². The van der Waals surface area contributed by atoms with Gasteiger partial charge in [0.05, 0.1) is 27.3 Å². The summed E-state index contributed by atoms with van der Waals surface area (Å²) >= 11 is 1.62. The van der Waals surface area contributed by atoms with Crippen LogP contribution in [-0.4, -0.2) is 68.6 Å². The number of hydrogen-bond donors (Lipinski definition) is 1. The lowest BCUT2D eigenvalue weighted by Gasteiger charge is -2.39. The van der Waals surface area contributed by atoms with Crippen LogP contribution in [0.3, 0.4) is 0 Å². The van der Waals surface area contributed by atoms with Gasteiger partial charge in [0.15, 0.2) is 6.23 Å². The van der Waals surface area contributed by atoms with Gasteiger partial charge in [-0.2, -0.15) is 13.2 Å². The van der Waals surface area contributed by atoms with Gasteiger partial charge in [-0.3, -0.25) is 9.80 Å². The molecule has 0 aliphatic carbocycles. The first-order valence-electron chi connectivity index (χ1n) is 11.8. The van der Waals surface area contributed by atoms with Crippen LogP contribution in [0.4, 0.5) is 13.2 Å². The van der Waals surface area contributed by atoms with E-state index >= 15 is 0 Å². The molecule has 5 rings (SSSR count). The van der Waals surface area contributed by atoms with Gasteiger partial charge in [-0.25, -0.2) is 4.98 Å². The lowest BCUT2D eigenvalue weighted by atomic mass is 10.1. The Morgan fingerprint density at radius 1 is 1.11 bits per heavy atom. The summed E-state index contributed by atoms with van der Waals surface area (Å²) in [7, 11) is 0. The van der Waals surface area contributed by atoms with Crippen LogP contribution < -0.4 is 4.74 Å². The number of aromatic nitrogens is 3. The van der Waals surface area contributed by atoms with Gasteiger partial charge < -0.3 is 14.3 Å². The molecule has 1 aliphatic rings. The number of thiazole rings is 1. The molecular weight excluding hydrogens is 507 g/mol. The molecule has 4 aromatic rings. The second-order valence-electron chi connectivity index (χ2n) is 9.00. The third kappa shape index (κ3) is 5.93. The van der Waals surface area contributed by atoms with Crippen LogP contribution in [0.5, 0.6) is 5.75 Å². The highest BCUT2D eigenvalue weighted by Crippen LogP contribution is 2.32. The molecule has 1 saturated heterocycles. The first-order chi connectivity index (χ1) is 17.7. The minimum absolute atomic E-state index is 0.0505. The van der Waals surface area contributed by atoms with E-state index in [1.54, 1.807) is 18.3 Å². The molecule has 0 amide bonds. The van der Waals surface area contributed by atoms with Crippen molar-refractivity contribution in [3.63, 3.8) is 0 Å². The lowest BCUT2D eigenvalue weighted by Crippen LogP contribution is -2.55. The first-order valence-corrected chi connectivity index (χ1v) is 12.7. The number of halogens is 3. The topological polar surface area (TPSA) is 87.8 Å². The molecule has 2 aromatic carbocycles. The summed E-state index contributed by atoms with van der Waals surface area (Å²) in [4.78, 5) is 8.71. The fourth-order valence-electron chi connectivity index (χ4n) is 4.34. The maximum absolute atomic E-state index is 13.0. The van der Waals surface area contributed by atoms with E-state index in [9.17, 15) is 18.3 Å². The van der Waals surface area contributed by atoms with Crippen molar-refractivity contribution in [1.29, 1.82) is 0 Å². The summed E-state index contributed by atoms with van der Waals surface area (Å²) in [6, 6.07) is 10.6. The molecule has 2 aromatic heterocycles. The fourth-order valence-corrected chi connectivity index (χ4v) is 5.15. The van der Waals surface area contributed by atoms with Gasteiger partial charge in [-0.15, -0.1) is 21.5 Å². The second kappa shape index (κ2) is 10.4. The van der Waals surface area contributed by atoms with Gasteiger partial charge in [0.1, 0.15) is 11.9 Å². The Bertz CT molecular complexity index is 1370. The van der Waals surface area contributed by atoms with Gasteiger partial charge in [-0.1, -0.05) is 6.07 Å². The number of hydrogen-bond acceptors (Lipinski definition) is 9. The Hall–Kier alpha value is -3.06. The molecule has 8 nitrogen and oxygen atoms in total. The summed E-state index contributed by atoms with van der Waals surface area (Å²) in [6.07, 6.45) is -5.68. The predicted octanol–water partition coefficient (Wildman–Crippen LogP) is 4.58. The van der Waals surface area contributed by atoms with Crippen molar-refractivity contribution in [2.45, 2.75) is 38.9 Å². The number of nitrogens with zero attached hydrogens (tertiary/aromatic N) is 5. The van der Waals surface area contributed by atoms with Gasteiger partial charge in [0, 0.05) is 37.8 Å². The van der Waals surface area contributed by atoms with E-state index in [0.29, 0.717) is 44.4 Å². The molecule has 0 spiro atoms. The quantitative estimate of drug-likeness (QED) is 0.370. The fraction of sp³-hybridized carbons (Fsp3) is 0.400. The number of alkyl halides is 3. The highest BCUT2D eigenvalue weighted by atomic mass is 32.1. The highest BCUT2D eigenvalue weighted by Gasteiger charge is 2.31. The van der Waals surface area contributed by atoms with E-state index < -0.39 is 24.1 Å². The Kier molecular flexibility index (Phi) is 7.17. The van der Waals surface area contributed by atoms with E-state index in [1.165, 1.54) is 12.1 Å². The zero-order chi connectivity index (χ0) is 26.2. The van der Waals surface area contributed by atoms with E-state index in [0.717, 1.165) is 27.4 Å². The van der Waals surface area contributed by atoms with E-state index in [4.69, 9.17) is 9.15 Å². The molecule has 2 atom stereocenters. The number of aliphatic hydroxyl groups excluding tert-OH is 1. The smallest absolute Gasteiger partial charge is 0.416 e. The zero-order valence-electron chi connectivity index (χ0n) is 20.3. The summed E-state index contributed by atoms with van der Waals surface area (Å²) in [6.45, 7) is 6.65. The summed E-state index contributed by atoms with van der Waals surface area (Å²) < 4.78 is 52.0. The summed E-state index contributed by atoms with van der Waals surface area (Å²) in [5.41, 5.74) is 0.330. The Morgan fingerprint density at radius 3 is 2.62 bits per heavy atom. The lowest BCUT2D eigenvalue weighted by molar-refractivity contribution is -0.137. The van der Waals surface area contributed by atoms with E-state index in [2.05, 4.69) is 25.0 Å². The molecule has 1 unspecified atom stereocenters. The van der Waals surface area contributed by atoms with Crippen LogP contribution in [0.2, 0.25) is 0 Å². The molecule has 1 aliphatic heterocycles. The molecule has 37 heavy (non-hydrogen) atoms. The van der Waals surface area contributed by atoms with Crippen molar-refractivity contribution < 1.29 is 27.4 Å². The number of fused-ring (bicyclic) bond motifs is 1. The standard InChI is InChI=1S/C25H26F3N5O3S/c1-15(34)24(35-19-6-7-21-20(13-19)29-16(2)37-21)33-10-8-32(9-11-33)14-22-30-31-23(36-22)17-4-3-5-18(12-17)25(26,27)28/h3-7,12-13,15,24,34H,8-11,14H2,1-2H3/t15-,24?/m1/s1. The monoisotopic (exact) mass is 533 g/mol. The number of ether oxygens (including phenoxy) is 1. The van der Waals surface area contributed by atoms with Crippen molar-refractivity contribution in [3.05, 3.63) is 58.9 Å². The first kappa shape index (κ1) is 25.6. The number of piperazine rings is 1. The number of aryl methyl sites for hydroxylation is 1. The van der Waals surface area contributed by atoms with Crippen LogP contribution in [0.1, 0.15) is 23.4 Å². The van der Waals surface area contributed by atoms with Gasteiger partial charge in [0.25, 0.3) is 0 Å². The second-order valence-corrected chi connectivity index (χ2v) is 10.2. The molecule has 0 saturated carbocycles. The minimum Gasteiger partial charge on any atom is -0.472 e. The van der Waals surface area contributed by atoms with Gasteiger partial charge >= 0.3 is 6.18 Å². The average Bonchev–Trinajstić information content (AvgIpc) is 3.48. The number of rotatable bonds is 7. The van der Waals surface area contributed by atoms with Crippen LogP contribution in [-0.2, 0) is 12.7 Å². The number of aliphatic hydroxyl groups is 1. The zero-order valence-corrected chi connectivity index (χ0v) is 21.1. The molecule has 12 heteroatoms. The van der Waals surface area contributed by atoms with Crippen molar-refractivity contribution in [2.24, 2.45) is 0 Å². The van der Waals surface area contributed by atoms with Crippen molar-refractivity contribution in [3.8, 4) is 17.2 Å².